The first kappa shape index (κ1) is 18.0. The van der Waals surface area contributed by atoms with Crippen LogP contribution in [0, 0.1) is 20.8 Å². The standard InChI is InChI=1S/C20H25NO3/c1-13-8-14(2)19(15(3)9-13)11-21-20(23)16(4)24-18-7-5-6-17(10-18)12-22/h5-10,16,22H,11-12H2,1-4H3,(H,21,23). The molecule has 4 heteroatoms. The molecule has 0 aliphatic rings. The highest BCUT2D eigenvalue weighted by Gasteiger charge is 2.15. The molecule has 0 aromatic heterocycles. The van der Waals surface area contributed by atoms with Gasteiger partial charge < -0.3 is 15.2 Å². The summed E-state index contributed by atoms with van der Waals surface area (Å²) in [6, 6.07) is 11.4. The van der Waals surface area contributed by atoms with Crippen LogP contribution in [-0.2, 0) is 17.9 Å². The Bertz CT molecular complexity index is 702. The highest BCUT2D eigenvalue weighted by atomic mass is 16.5. The number of carbonyl (C=O) groups is 1. The van der Waals surface area contributed by atoms with E-state index in [2.05, 4.69) is 38.2 Å². The molecule has 1 atom stereocenters. The summed E-state index contributed by atoms with van der Waals surface area (Å²) in [6.45, 7) is 8.34. The summed E-state index contributed by atoms with van der Waals surface area (Å²) in [7, 11) is 0. The largest absolute Gasteiger partial charge is 0.481 e. The van der Waals surface area contributed by atoms with Gasteiger partial charge in [-0.1, -0.05) is 29.8 Å². The highest BCUT2D eigenvalue weighted by molar-refractivity contribution is 5.80. The van der Waals surface area contributed by atoms with Crippen LogP contribution in [0.25, 0.3) is 0 Å². The Morgan fingerprint density at radius 1 is 1.17 bits per heavy atom. The number of rotatable bonds is 6. The fraction of sp³-hybridized carbons (Fsp3) is 0.350. The smallest absolute Gasteiger partial charge is 0.261 e. The van der Waals surface area contributed by atoms with E-state index >= 15 is 0 Å². The first-order valence-electron chi connectivity index (χ1n) is 8.11. The zero-order valence-corrected chi connectivity index (χ0v) is 14.7. The van der Waals surface area contributed by atoms with Crippen LogP contribution in [0.5, 0.6) is 5.75 Å². The van der Waals surface area contributed by atoms with Gasteiger partial charge in [0.15, 0.2) is 6.10 Å². The lowest BCUT2D eigenvalue weighted by atomic mass is 10.00. The lowest BCUT2D eigenvalue weighted by Gasteiger charge is -2.17. The number of nitrogens with one attached hydrogen (secondary N) is 1. The molecule has 0 aliphatic carbocycles. The number of aliphatic hydroxyl groups is 1. The third-order valence-electron chi connectivity index (χ3n) is 4.04. The molecule has 0 radical (unpaired) electrons. The van der Waals surface area contributed by atoms with Crippen LogP contribution >= 0.6 is 0 Å². The van der Waals surface area contributed by atoms with Gasteiger partial charge in [0.05, 0.1) is 6.61 Å². The maximum atomic E-state index is 12.3. The van der Waals surface area contributed by atoms with Gasteiger partial charge in [-0.3, -0.25) is 4.79 Å². The van der Waals surface area contributed by atoms with Crippen molar-refractivity contribution >= 4 is 5.91 Å². The average Bonchev–Trinajstić information content (AvgIpc) is 2.53. The van der Waals surface area contributed by atoms with E-state index in [-0.39, 0.29) is 12.5 Å². The average molecular weight is 327 g/mol. The summed E-state index contributed by atoms with van der Waals surface area (Å²) in [5.74, 6) is 0.413. The zero-order chi connectivity index (χ0) is 17.7. The number of benzene rings is 2. The molecule has 0 bridgehead atoms. The first-order valence-corrected chi connectivity index (χ1v) is 8.11. The Labute approximate surface area is 143 Å². The van der Waals surface area contributed by atoms with E-state index in [1.807, 2.05) is 0 Å². The molecule has 1 unspecified atom stereocenters. The topological polar surface area (TPSA) is 58.6 Å². The number of ether oxygens (including phenoxy) is 1. The number of hydrogen-bond donors (Lipinski definition) is 2. The van der Waals surface area contributed by atoms with Crippen molar-refractivity contribution in [3.05, 3.63) is 64.2 Å². The van der Waals surface area contributed by atoms with Gasteiger partial charge in [-0.2, -0.15) is 0 Å². The van der Waals surface area contributed by atoms with Crippen molar-refractivity contribution in [1.82, 2.24) is 5.32 Å². The Morgan fingerprint density at radius 2 is 1.83 bits per heavy atom. The van der Waals surface area contributed by atoms with Crippen molar-refractivity contribution in [3.8, 4) is 5.75 Å². The fourth-order valence-electron chi connectivity index (χ4n) is 2.78. The second kappa shape index (κ2) is 7.97. The van der Waals surface area contributed by atoms with Crippen molar-refractivity contribution in [2.24, 2.45) is 0 Å². The molecular formula is C20H25NO3. The SMILES string of the molecule is Cc1cc(C)c(CNC(=O)C(C)Oc2cccc(CO)c2)c(C)c1. The number of aliphatic hydroxyl groups excluding tert-OH is 1. The van der Waals surface area contributed by atoms with Gasteiger partial charge in [-0.25, -0.2) is 0 Å². The summed E-state index contributed by atoms with van der Waals surface area (Å²) in [5, 5.41) is 12.1. The predicted octanol–water partition coefficient (Wildman–Crippen LogP) is 3.19. The van der Waals surface area contributed by atoms with Gasteiger partial charge in [-0.15, -0.1) is 0 Å². The number of carbonyl (C=O) groups excluding carboxylic acids is 1. The Hall–Kier alpha value is -2.33. The molecule has 0 aliphatic heterocycles. The van der Waals surface area contributed by atoms with Crippen molar-refractivity contribution in [3.63, 3.8) is 0 Å². The van der Waals surface area contributed by atoms with Crippen LogP contribution in [0.4, 0.5) is 0 Å². The molecule has 128 valence electrons. The summed E-state index contributed by atoms with van der Waals surface area (Å²) in [4.78, 5) is 12.3. The minimum absolute atomic E-state index is 0.0518. The van der Waals surface area contributed by atoms with Crippen molar-refractivity contribution in [2.75, 3.05) is 0 Å². The molecule has 1 amide bonds. The van der Waals surface area contributed by atoms with Crippen LogP contribution in [0.2, 0.25) is 0 Å². The van der Waals surface area contributed by atoms with Crippen LogP contribution < -0.4 is 10.1 Å². The highest BCUT2D eigenvalue weighted by Crippen LogP contribution is 2.17. The summed E-state index contributed by atoms with van der Waals surface area (Å²) in [6.07, 6.45) is -0.606. The van der Waals surface area contributed by atoms with Crippen LogP contribution in [0.15, 0.2) is 36.4 Å². The van der Waals surface area contributed by atoms with Crippen LogP contribution in [0.1, 0.15) is 34.7 Å². The van der Waals surface area contributed by atoms with Gasteiger partial charge in [-0.05, 0) is 62.1 Å². The van der Waals surface area contributed by atoms with Gasteiger partial charge >= 0.3 is 0 Å². The molecule has 0 heterocycles. The quantitative estimate of drug-likeness (QED) is 0.857. The van der Waals surface area contributed by atoms with E-state index in [0.717, 1.165) is 11.1 Å². The summed E-state index contributed by atoms with van der Waals surface area (Å²) < 4.78 is 5.66. The number of aryl methyl sites for hydroxylation is 3. The molecule has 2 N–H and O–H groups in total. The molecule has 0 fully saturated rings. The van der Waals surface area contributed by atoms with Crippen LogP contribution in [-0.4, -0.2) is 17.1 Å². The molecule has 2 aromatic carbocycles. The summed E-state index contributed by atoms with van der Waals surface area (Å²) >= 11 is 0. The zero-order valence-electron chi connectivity index (χ0n) is 14.7. The summed E-state index contributed by atoms with van der Waals surface area (Å²) in [5.41, 5.74) is 5.48. The van der Waals surface area contributed by atoms with Gasteiger partial charge in [0, 0.05) is 6.54 Å². The van der Waals surface area contributed by atoms with E-state index in [9.17, 15) is 4.79 Å². The molecule has 0 saturated heterocycles. The maximum Gasteiger partial charge on any atom is 0.261 e. The van der Waals surface area contributed by atoms with Crippen LogP contribution in [0.3, 0.4) is 0 Å². The minimum atomic E-state index is -0.606. The van der Waals surface area contributed by atoms with Crippen molar-refractivity contribution < 1.29 is 14.6 Å². The van der Waals surface area contributed by atoms with Crippen molar-refractivity contribution in [2.45, 2.75) is 47.0 Å². The third kappa shape index (κ3) is 4.59. The monoisotopic (exact) mass is 327 g/mol. The Balaban J connectivity index is 1.97. The lowest BCUT2D eigenvalue weighted by molar-refractivity contribution is -0.127. The van der Waals surface area contributed by atoms with Crippen molar-refractivity contribution in [1.29, 1.82) is 0 Å². The normalized spacial score (nSPS) is 11.9. The van der Waals surface area contributed by atoms with Gasteiger partial charge in [0.1, 0.15) is 5.75 Å². The van der Waals surface area contributed by atoms with E-state index in [1.165, 1.54) is 16.7 Å². The second-order valence-corrected chi connectivity index (χ2v) is 6.16. The molecule has 24 heavy (non-hydrogen) atoms. The molecular weight excluding hydrogens is 302 g/mol. The fourth-order valence-corrected chi connectivity index (χ4v) is 2.78. The maximum absolute atomic E-state index is 12.3. The Kier molecular flexibility index (Phi) is 5.99. The number of amides is 1. The molecule has 0 saturated carbocycles. The third-order valence-corrected chi connectivity index (χ3v) is 4.04. The molecule has 0 spiro atoms. The van der Waals surface area contributed by atoms with E-state index in [4.69, 9.17) is 9.84 Å². The van der Waals surface area contributed by atoms with Gasteiger partial charge in [0.25, 0.3) is 5.91 Å². The minimum Gasteiger partial charge on any atom is -0.481 e. The van der Waals surface area contributed by atoms with E-state index < -0.39 is 6.10 Å². The molecule has 2 rings (SSSR count). The number of hydrogen-bond acceptors (Lipinski definition) is 3. The van der Waals surface area contributed by atoms with E-state index in [0.29, 0.717) is 12.3 Å². The molecule has 2 aromatic rings. The molecule has 4 nitrogen and oxygen atoms in total. The first-order chi connectivity index (χ1) is 11.4. The predicted molar refractivity (Wildman–Crippen MR) is 95.0 cm³/mol. The lowest BCUT2D eigenvalue weighted by Crippen LogP contribution is -2.36. The van der Waals surface area contributed by atoms with Gasteiger partial charge in [0.2, 0.25) is 0 Å². The Morgan fingerprint density at radius 3 is 2.46 bits per heavy atom. The van der Waals surface area contributed by atoms with E-state index in [1.54, 1.807) is 31.2 Å². The second-order valence-electron chi connectivity index (χ2n) is 6.16.